The number of rotatable bonds is 4. The van der Waals surface area contributed by atoms with Crippen LogP contribution in [0.4, 0.5) is 0 Å². The lowest BCUT2D eigenvalue weighted by Gasteiger charge is -2.18. The SMILES string of the molecule is CC(Cl)CCN(C)C(=O)c1cc(Br)ccc1O. The summed E-state index contributed by atoms with van der Waals surface area (Å²) in [7, 11) is 1.70. The van der Waals surface area contributed by atoms with Crippen LogP contribution in [-0.2, 0) is 0 Å². The Bertz CT molecular complexity index is 409. The second kappa shape index (κ2) is 6.26. The quantitative estimate of drug-likeness (QED) is 0.865. The fraction of sp³-hybridized carbons (Fsp3) is 0.417. The number of hydrogen-bond donors (Lipinski definition) is 1. The van der Waals surface area contributed by atoms with Gasteiger partial charge in [0, 0.05) is 23.4 Å². The summed E-state index contributed by atoms with van der Waals surface area (Å²) in [5, 5.41) is 9.67. The molecular weight excluding hydrogens is 305 g/mol. The van der Waals surface area contributed by atoms with Gasteiger partial charge in [0.05, 0.1) is 5.56 Å². The number of benzene rings is 1. The van der Waals surface area contributed by atoms with Crippen molar-refractivity contribution >= 4 is 33.4 Å². The van der Waals surface area contributed by atoms with E-state index in [1.165, 1.54) is 6.07 Å². The van der Waals surface area contributed by atoms with Crippen molar-refractivity contribution in [3.63, 3.8) is 0 Å². The van der Waals surface area contributed by atoms with E-state index in [2.05, 4.69) is 15.9 Å². The first kappa shape index (κ1) is 14.3. The van der Waals surface area contributed by atoms with Crippen molar-refractivity contribution in [2.24, 2.45) is 0 Å². The van der Waals surface area contributed by atoms with Gasteiger partial charge in [-0.05, 0) is 31.5 Å². The number of hydrogen-bond acceptors (Lipinski definition) is 2. The minimum atomic E-state index is -0.207. The Labute approximate surface area is 115 Å². The number of alkyl halides is 1. The van der Waals surface area contributed by atoms with Crippen LogP contribution in [0.5, 0.6) is 5.75 Å². The lowest BCUT2D eigenvalue weighted by molar-refractivity contribution is 0.0790. The first-order chi connectivity index (χ1) is 7.91. The molecule has 0 aliphatic heterocycles. The van der Waals surface area contributed by atoms with Gasteiger partial charge in [0.15, 0.2) is 0 Å². The molecule has 0 aliphatic rings. The van der Waals surface area contributed by atoms with Crippen molar-refractivity contribution in [1.82, 2.24) is 4.90 Å². The van der Waals surface area contributed by atoms with E-state index in [0.717, 1.165) is 10.9 Å². The van der Waals surface area contributed by atoms with Crippen molar-refractivity contribution in [2.75, 3.05) is 13.6 Å². The van der Waals surface area contributed by atoms with Crippen LogP contribution in [-0.4, -0.2) is 34.9 Å². The molecule has 3 nitrogen and oxygen atoms in total. The molecule has 1 unspecified atom stereocenters. The zero-order chi connectivity index (χ0) is 13.0. The van der Waals surface area contributed by atoms with E-state index in [-0.39, 0.29) is 17.0 Å². The Morgan fingerprint density at radius 1 is 1.59 bits per heavy atom. The van der Waals surface area contributed by atoms with Crippen molar-refractivity contribution in [1.29, 1.82) is 0 Å². The molecule has 0 saturated carbocycles. The van der Waals surface area contributed by atoms with E-state index in [1.54, 1.807) is 24.1 Å². The Kier molecular flexibility index (Phi) is 5.28. The Hall–Kier alpha value is -0.740. The maximum atomic E-state index is 12.0. The van der Waals surface area contributed by atoms with Crippen LogP contribution in [0.25, 0.3) is 0 Å². The van der Waals surface area contributed by atoms with Crippen molar-refractivity contribution in [3.8, 4) is 5.75 Å². The van der Waals surface area contributed by atoms with Gasteiger partial charge in [0.2, 0.25) is 0 Å². The van der Waals surface area contributed by atoms with Crippen LogP contribution < -0.4 is 0 Å². The highest BCUT2D eigenvalue weighted by atomic mass is 79.9. The number of amides is 1. The third-order valence-electron chi connectivity index (χ3n) is 2.40. The smallest absolute Gasteiger partial charge is 0.257 e. The summed E-state index contributed by atoms with van der Waals surface area (Å²) in [6.45, 7) is 2.45. The van der Waals surface area contributed by atoms with Gasteiger partial charge in [-0.25, -0.2) is 0 Å². The minimum absolute atomic E-state index is 0.0102. The number of nitrogens with zero attached hydrogens (tertiary/aromatic N) is 1. The third-order valence-corrected chi connectivity index (χ3v) is 3.11. The van der Waals surface area contributed by atoms with Crippen molar-refractivity contribution in [3.05, 3.63) is 28.2 Å². The largest absolute Gasteiger partial charge is 0.507 e. The molecule has 0 aliphatic carbocycles. The average molecular weight is 321 g/mol. The molecule has 1 rings (SSSR count). The second-order valence-corrected chi connectivity index (χ2v) is 5.62. The summed E-state index contributed by atoms with van der Waals surface area (Å²) in [6.07, 6.45) is 0.721. The van der Waals surface area contributed by atoms with Gasteiger partial charge < -0.3 is 10.0 Å². The second-order valence-electron chi connectivity index (χ2n) is 3.96. The van der Waals surface area contributed by atoms with Crippen molar-refractivity contribution in [2.45, 2.75) is 18.7 Å². The van der Waals surface area contributed by atoms with Gasteiger partial charge in [-0.3, -0.25) is 4.79 Å². The summed E-state index contributed by atoms with van der Waals surface area (Å²) in [6, 6.07) is 4.79. The van der Waals surface area contributed by atoms with Gasteiger partial charge in [-0.15, -0.1) is 11.6 Å². The molecule has 94 valence electrons. The maximum Gasteiger partial charge on any atom is 0.257 e. The highest BCUT2D eigenvalue weighted by Crippen LogP contribution is 2.23. The number of phenolic OH excluding ortho intramolecular Hbond substituents is 1. The van der Waals surface area contributed by atoms with Gasteiger partial charge in [-0.2, -0.15) is 0 Å². The topological polar surface area (TPSA) is 40.5 Å². The first-order valence-electron chi connectivity index (χ1n) is 5.30. The molecule has 0 fully saturated rings. The normalized spacial score (nSPS) is 12.2. The summed E-state index contributed by atoms with van der Waals surface area (Å²) in [5.41, 5.74) is 0.295. The number of carbonyl (C=O) groups excluding carboxylic acids is 1. The molecule has 0 spiro atoms. The van der Waals surface area contributed by atoms with E-state index in [4.69, 9.17) is 11.6 Å². The summed E-state index contributed by atoms with van der Waals surface area (Å²) in [5.74, 6) is -0.218. The van der Waals surface area contributed by atoms with E-state index in [9.17, 15) is 9.90 Å². The Balaban J connectivity index is 2.78. The molecule has 1 amide bonds. The van der Waals surface area contributed by atoms with Crippen LogP contribution >= 0.6 is 27.5 Å². The molecule has 0 radical (unpaired) electrons. The predicted octanol–water partition coefficient (Wildman–Crippen LogP) is 3.24. The number of phenols is 1. The summed E-state index contributed by atoms with van der Waals surface area (Å²) in [4.78, 5) is 13.6. The molecule has 5 heteroatoms. The predicted molar refractivity (Wildman–Crippen MR) is 72.7 cm³/mol. The van der Waals surface area contributed by atoms with Crippen LogP contribution in [0, 0.1) is 0 Å². The molecule has 1 atom stereocenters. The minimum Gasteiger partial charge on any atom is -0.507 e. The fourth-order valence-corrected chi connectivity index (χ4v) is 1.82. The van der Waals surface area contributed by atoms with Crippen LogP contribution in [0.1, 0.15) is 23.7 Å². The molecular formula is C12H15BrClNO2. The zero-order valence-electron chi connectivity index (χ0n) is 9.78. The summed E-state index contributed by atoms with van der Waals surface area (Å²) >= 11 is 9.11. The van der Waals surface area contributed by atoms with Crippen LogP contribution in [0.2, 0.25) is 0 Å². The number of carbonyl (C=O) groups is 1. The van der Waals surface area contributed by atoms with Crippen molar-refractivity contribution < 1.29 is 9.90 Å². The molecule has 1 N–H and O–H groups in total. The number of halogens is 2. The standard InChI is InChI=1S/C12H15BrClNO2/c1-8(14)5-6-15(2)12(17)10-7-9(13)3-4-11(10)16/h3-4,7-8,16H,5-6H2,1-2H3. The van der Waals surface area contributed by atoms with E-state index < -0.39 is 0 Å². The molecule has 0 saturated heterocycles. The Morgan fingerprint density at radius 3 is 2.82 bits per heavy atom. The third kappa shape index (κ3) is 4.21. The van der Waals surface area contributed by atoms with Gasteiger partial charge in [0.25, 0.3) is 5.91 Å². The first-order valence-corrected chi connectivity index (χ1v) is 6.53. The highest BCUT2D eigenvalue weighted by Gasteiger charge is 2.16. The highest BCUT2D eigenvalue weighted by molar-refractivity contribution is 9.10. The number of aromatic hydroxyl groups is 1. The summed E-state index contributed by atoms with van der Waals surface area (Å²) < 4.78 is 0.762. The molecule has 1 aromatic rings. The average Bonchev–Trinajstić information content (AvgIpc) is 2.28. The van der Waals surface area contributed by atoms with Gasteiger partial charge >= 0.3 is 0 Å². The lowest BCUT2D eigenvalue weighted by Crippen LogP contribution is -2.28. The van der Waals surface area contributed by atoms with Gasteiger partial charge in [-0.1, -0.05) is 15.9 Å². The molecule has 1 aromatic carbocycles. The monoisotopic (exact) mass is 319 g/mol. The van der Waals surface area contributed by atoms with Crippen LogP contribution in [0.3, 0.4) is 0 Å². The maximum absolute atomic E-state index is 12.0. The zero-order valence-corrected chi connectivity index (χ0v) is 12.1. The van der Waals surface area contributed by atoms with Crippen LogP contribution in [0.15, 0.2) is 22.7 Å². The molecule has 0 aromatic heterocycles. The molecule has 0 bridgehead atoms. The molecule has 17 heavy (non-hydrogen) atoms. The van der Waals surface area contributed by atoms with E-state index in [1.807, 2.05) is 6.92 Å². The molecule has 0 heterocycles. The lowest BCUT2D eigenvalue weighted by atomic mass is 10.1. The van der Waals surface area contributed by atoms with E-state index >= 15 is 0 Å². The van der Waals surface area contributed by atoms with Gasteiger partial charge in [0.1, 0.15) is 5.75 Å². The van der Waals surface area contributed by atoms with E-state index in [0.29, 0.717) is 12.1 Å². The fourth-order valence-electron chi connectivity index (χ4n) is 1.36. The Morgan fingerprint density at radius 2 is 2.24 bits per heavy atom.